The van der Waals surface area contributed by atoms with Crippen LogP contribution in [0.5, 0.6) is 0 Å². The Balaban J connectivity index is 2.19. The van der Waals surface area contributed by atoms with Gasteiger partial charge in [-0.2, -0.15) is 0 Å². The maximum Gasteiger partial charge on any atom is 0.189 e. The van der Waals surface area contributed by atoms with E-state index in [-0.39, 0.29) is 22.2 Å². The molecule has 3 rings (SSSR count). The van der Waals surface area contributed by atoms with Gasteiger partial charge in [0.1, 0.15) is 29.0 Å². The quantitative estimate of drug-likeness (QED) is 0.372. The average Bonchev–Trinajstić information content (AvgIpc) is 2.66. The standard InChI is InChI=1S/C19H14F3N3OS/c1-10-8-11(6-7-13(10)20)16-12(9-26)18(25-19(24-16)27-2)23-17-14(21)4-3-5-15(17)22/h3-9H,1-2H3,(H,23,24,25). The first kappa shape index (κ1) is 18.9. The maximum atomic E-state index is 14.0. The van der Waals surface area contributed by atoms with Crippen LogP contribution < -0.4 is 5.32 Å². The van der Waals surface area contributed by atoms with Crippen LogP contribution in [0.1, 0.15) is 15.9 Å². The maximum absolute atomic E-state index is 14.0. The normalized spacial score (nSPS) is 10.7. The van der Waals surface area contributed by atoms with Gasteiger partial charge in [0.05, 0.1) is 11.3 Å². The van der Waals surface area contributed by atoms with Crippen molar-refractivity contribution in [2.75, 3.05) is 11.6 Å². The number of aryl methyl sites for hydroxylation is 1. The van der Waals surface area contributed by atoms with Gasteiger partial charge >= 0.3 is 0 Å². The van der Waals surface area contributed by atoms with E-state index in [1.54, 1.807) is 19.2 Å². The number of carbonyl (C=O) groups excluding carboxylic acids is 1. The average molecular weight is 389 g/mol. The van der Waals surface area contributed by atoms with E-state index < -0.39 is 23.1 Å². The lowest BCUT2D eigenvalue weighted by Gasteiger charge is -2.14. The van der Waals surface area contributed by atoms with Crippen molar-refractivity contribution >= 4 is 29.6 Å². The predicted octanol–water partition coefficient (Wildman–Crippen LogP) is 5.15. The minimum Gasteiger partial charge on any atom is -0.335 e. The van der Waals surface area contributed by atoms with E-state index in [1.807, 2.05) is 0 Å². The molecular weight excluding hydrogens is 375 g/mol. The molecule has 1 N–H and O–H groups in total. The van der Waals surface area contributed by atoms with Gasteiger partial charge in [0.15, 0.2) is 11.4 Å². The van der Waals surface area contributed by atoms with Crippen molar-refractivity contribution in [3.63, 3.8) is 0 Å². The highest BCUT2D eigenvalue weighted by molar-refractivity contribution is 7.98. The van der Waals surface area contributed by atoms with E-state index in [1.165, 1.54) is 30.0 Å². The molecule has 4 nitrogen and oxygen atoms in total. The van der Waals surface area contributed by atoms with Crippen molar-refractivity contribution in [1.29, 1.82) is 0 Å². The number of halogens is 3. The number of anilines is 2. The van der Waals surface area contributed by atoms with Gasteiger partial charge < -0.3 is 5.32 Å². The van der Waals surface area contributed by atoms with E-state index in [4.69, 9.17) is 0 Å². The fourth-order valence-electron chi connectivity index (χ4n) is 2.49. The summed E-state index contributed by atoms with van der Waals surface area (Å²) >= 11 is 1.20. The number of thioether (sulfide) groups is 1. The molecule has 1 heterocycles. The number of aldehydes is 1. The summed E-state index contributed by atoms with van der Waals surface area (Å²) in [7, 11) is 0. The molecule has 3 aromatic rings. The van der Waals surface area contributed by atoms with Crippen LogP contribution in [0, 0.1) is 24.4 Å². The van der Waals surface area contributed by atoms with Gasteiger partial charge in [-0.25, -0.2) is 23.1 Å². The van der Waals surface area contributed by atoms with Crippen LogP contribution in [-0.2, 0) is 0 Å². The number of carbonyl (C=O) groups is 1. The fraction of sp³-hybridized carbons (Fsp3) is 0.105. The summed E-state index contributed by atoms with van der Waals surface area (Å²) in [5.41, 5.74) is 0.704. The number of hydrogen-bond donors (Lipinski definition) is 1. The second-order valence-corrected chi connectivity index (χ2v) is 6.40. The number of nitrogens with one attached hydrogen (secondary N) is 1. The van der Waals surface area contributed by atoms with Crippen LogP contribution in [-0.4, -0.2) is 22.5 Å². The Labute approximate surface area is 157 Å². The first-order valence-electron chi connectivity index (χ1n) is 7.83. The van der Waals surface area contributed by atoms with Crippen LogP contribution in [0.3, 0.4) is 0 Å². The molecule has 0 aliphatic rings. The Morgan fingerprint density at radius 2 is 1.74 bits per heavy atom. The van der Waals surface area contributed by atoms with Gasteiger partial charge in [0, 0.05) is 5.56 Å². The summed E-state index contributed by atoms with van der Waals surface area (Å²) in [6.45, 7) is 1.59. The smallest absolute Gasteiger partial charge is 0.189 e. The third-order valence-corrected chi connectivity index (χ3v) is 4.41. The summed E-state index contributed by atoms with van der Waals surface area (Å²) in [4.78, 5) is 20.2. The lowest BCUT2D eigenvalue weighted by molar-refractivity contribution is 0.112. The number of aromatic nitrogens is 2. The van der Waals surface area contributed by atoms with Crippen LogP contribution in [0.15, 0.2) is 41.6 Å². The van der Waals surface area contributed by atoms with Crippen LogP contribution in [0.4, 0.5) is 24.7 Å². The summed E-state index contributed by atoms with van der Waals surface area (Å²) < 4.78 is 41.6. The number of nitrogens with zero attached hydrogens (tertiary/aromatic N) is 2. The number of para-hydroxylation sites is 1. The largest absolute Gasteiger partial charge is 0.335 e. The molecule has 0 saturated heterocycles. The molecule has 0 aliphatic carbocycles. The molecule has 27 heavy (non-hydrogen) atoms. The summed E-state index contributed by atoms with van der Waals surface area (Å²) in [6.07, 6.45) is 2.22. The van der Waals surface area contributed by atoms with Crippen molar-refractivity contribution in [3.8, 4) is 11.3 Å². The van der Waals surface area contributed by atoms with E-state index in [0.717, 1.165) is 12.1 Å². The van der Waals surface area contributed by atoms with Crippen molar-refractivity contribution in [2.45, 2.75) is 12.1 Å². The predicted molar refractivity (Wildman–Crippen MR) is 99.0 cm³/mol. The molecule has 8 heteroatoms. The van der Waals surface area contributed by atoms with E-state index in [0.29, 0.717) is 17.4 Å². The van der Waals surface area contributed by atoms with Crippen molar-refractivity contribution in [1.82, 2.24) is 9.97 Å². The molecule has 0 spiro atoms. The van der Waals surface area contributed by atoms with E-state index in [2.05, 4.69) is 15.3 Å². The van der Waals surface area contributed by atoms with E-state index in [9.17, 15) is 18.0 Å². The summed E-state index contributed by atoms with van der Waals surface area (Å²) in [6, 6.07) is 7.71. The molecule has 0 saturated carbocycles. The molecule has 1 aromatic heterocycles. The number of hydrogen-bond acceptors (Lipinski definition) is 5. The number of benzene rings is 2. The topological polar surface area (TPSA) is 54.9 Å². The molecule has 0 atom stereocenters. The van der Waals surface area contributed by atoms with Crippen molar-refractivity contribution in [2.24, 2.45) is 0 Å². The second kappa shape index (κ2) is 7.79. The number of rotatable bonds is 5. The second-order valence-electron chi connectivity index (χ2n) is 5.62. The van der Waals surface area contributed by atoms with Gasteiger partial charge in [-0.15, -0.1) is 0 Å². The monoisotopic (exact) mass is 389 g/mol. The zero-order chi connectivity index (χ0) is 19.6. The molecule has 0 unspecified atom stereocenters. The Bertz CT molecular complexity index is 1010. The van der Waals surface area contributed by atoms with Crippen molar-refractivity contribution < 1.29 is 18.0 Å². The van der Waals surface area contributed by atoms with Gasteiger partial charge in [0.25, 0.3) is 0 Å². The molecule has 2 aromatic carbocycles. The summed E-state index contributed by atoms with van der Waals surface area (Å²) in [5.74, 6) is -2.08. The molecule has 0 radical (unpaired) electrons. The summed E-state index contributed by atoms with van der Waals surface area (Å²) in [5, 5.41) is 2.84. The molecule has 0 amide bonds. The SMILES string of the molecule is CSc1nc(Nc2c(F)cccc2F)c(C=O)c(-c2ccc(F)c(C)c2)n1. The first-order chi connectivity index (χ1) is 12.9. The zero-order valence-corrected chi connectivity index (χ0v) is 15.2. The zero-order valence-electron chi connectivity index (χ0n) is 14.4. The van der Waals surface area contributed by atoms with Crippen LogP contribution >= 0.6 is 11.8 Å². The highest BCUT2D eigenvalue weighted by atomic mass is 32.2. The van der Waals surface area contributed by atoms with E-state index >= 15 is 0 Å². The molecule has 0 aliphatic heterocycles. The van der Waals surface area contributed by atoms with Crippen LogP contribution in [0.25, 0.3) is 11.3 Å². The fourth-order valence-corrected chi connectivity index (χ4v) is 2.86. The van der Waals surface area contributed by atoms with Gasteiger partial charge in [0.2, 0.25) is 0 Å². The lowest BCUT2D eigenvalue weighted by atomic mass is 10.0. The van der Waals surface area contributed by atoms with Crippen molar-refractivity contribution in [3.05, 3.63) is 65.0 Å². The molecule has 0 bridgehead atoms. The minimum atomic E-state index is -0.824. The minimum absolute atomic E-state index is 0.0152. The molecule has 0 fully saturated rings. The molecule has 138 valence electrons. The van der Waals surface area contributed by atoms with Gasteiger partial charge in [-0.3, -0.25) is 4.79 Å². The van der Waals surface area contributed by atoms with Crippen LogP contribution in [0.2, 0.25) is 0 Å². The third kappa shape index (κ3) is 3.80. The lowest BCUT2D eigenvalue weighted by Crippen LogP contribution is -2.07. The van der Waals surface area contributed by atoms with Gasteiger partial charge in [-0.05, 0) is 49.1 Å². The Morgan fingerprint density at radius 3 is 2.33 bits per heavy atom. The highest BCUT2D eigenvalue weighted by Crippen LogP contribution is 2.31. The highest BCUT2D eigenvalue weighted by Gasteiger charge is 2.19. The first-order valence-corrected chi connectivity index (χ1v) is 9.05. The Hall–Kier alpha value is -2.87. The Morgan fingerprint density at radius 1 is 1.04 bits per heavy atom. The van der Waals surface area contributed by atoms with Gasteiger partial charge in [-0.1, -0.05) is 17.8 Å². The molecular formula is C19H14F3N3OS. The Kier molecular flexibility index (Phi) is 5.46. The third-order valence-electron chi connectivity index (χ3n) is 3.86.